The van der Waals surface area contributed by atoms with Crippen molar-refractivity contribution in [1.29, 1.82) is 0 Å². The predicted octanol–water partition coefficient (Wildman–Crippen LogP) is 2.88. The van der Waals surface area contributed by atoms with Gasteiger partial charge in [-0.15, -0.1) is 0 Å². The standard InChI is InChI=1S/C18H25ClN4O3S/c1-4-22(14(3)13-27(25,26)5-2)18(24)20-10-15-11-21-23(12-15)17-8-6-16(19)7-9-17/h6-9,11-12,14H,4-5,10,13H2,1-3H3,(H,20,24). The molecule has 148 valence electrons. The Morgan fingerprint density at radius 3 is 2.56 bits per heavy atom. The van der Waals surface area contributed by atoms with E-state index in [1.54, 1.807) is 36.9 Å². The number of aromatic nitrogens is 2. The number of amides is 2. The average molecular weight is 413 g/mol. The second-order valence-electron chi connectivity index (χ2n) is 6.26. The molecule has 1 aromatic carbocycles. The van der Waals surface area contributed by atoms with Gasteiger partial charge in [-0.2, -0.15) is 5.10 Å². The van der Waals surface area contributed by atoms with Crippen LogP contribution in [0.3, 0.4) is 0 Å². The molecule has 0 radical (unpaired) electrons. The summed E-state index contributed by atoms with van der Waals surface area (Å²) in [6.07, 6.45) is 3.50. The first kappa shape index (κ1) is 21.2. The fourth-order valence-electron chi connectivity index (χ4n) is 2.70. The number of benzene rings is 1. The summed E-state index contributed by atoms with van der Waals surface area (Å²) in [4.78, 5) is 14.0. The molecule has 1 aromatic heterocycles. The van der Waals surface area contributed by atoms with Crippen molar-refractivity contribution in [3.8, 4) is 5.69 Å². The van der Waals surface area contributed by atoms with Crippen LogP contribution in [0.1, 0.15) is 26.3 Å². The van der Waals surface area contributed by atoms with Crippen molar-refractivity contribution in [3.05, 3.63) is 47.2 Å². The summed E-state index contributed by atoms with van der Waals surface area (Å²) in [5.74, 6) is 0.0274. The van der Waals surface area contributed by atoms with Crippen LogP contribution in [0, 0.1) is 0 Å². The van der Waals surface area contributed by atoms with Gasteiger partial charge in [0.2, 0.25) is 0 Å². The Bertz CT molecular complexity index is 865. The Morgan fingerprint density at radius 2 is 1.96 bits per heavy atom. The van der Waals surface area contributed by atoms with Gasteiger partial charge < -0.3 is 10.2 Å². The maximum atomic E-state index is 12.5. The number of rotatable bonds is 8. The SMILES string of the molecule is CCN(C(=O)NCc1cnn(-c2ccc(Cl)cc2)c1)C(C)CS(=O)(=O)CC. The van der Waals surface area contributed by atoms with E-state index in [0.29, 0.717) is 18.1 Å². The molecule has 0 aliphatic rings. The largest absolute Gasteiger partial charge is 0.334 e. The summed E-state index contributed by atoms with van der Waals surface area (Å²) in [6, 6.07) is 6.58. The van der Waals surface area contributed by atoms with Gasteiger partial charge >= 0.3 is 6.03 Å². The molecule has 2 amide bonds. The van der Waals surface area contributed by atoms with E-state index in [2.05, 4.69) is 10.4 Å². The molecule has 1 atom stereocenters. The van der Waals surface area contributed by atoms with E-state index in [4.69, 9.17) is 11.6 Å². The zero-order valence-electron chi connectivity index (χ0n) is 15.7. The van der Waals surface area contributed by atoms with E-state index in [1.165, 1.54) is 4.90 Å². The molecule has 0 spiro atoms. The van der Waals surface area contributed by atoms with Gasteiger partial charge in [0.25, 0.3) is 0 Å². The summed E-state index contributed by atoms with van der Waals surface area (Å²) in [7, 11) is -3.15. The smallest absolute Gasteiger partial charge is 0.317 e. The van der Waals surface area contributed by atoms with Crippen LogP contribution < -0.4 is 5.32 Å². The molecule has 0 fully saturated rings. The highest BCUT2D eigenvalue weighted by Crippen LogP contribution is 2.13. The van der Waals surface area contributed by atoms with E-state index in [-0.39, 0.29) is 17.5 Å². The van der Waals surface area contributed by atoms with E-state index in [0.717, 1.165) is 11.3 Å². The Hall–Kier alpha value is -2.06. The van der Waals surface area contributed by atoms with Gasteiger partial charge in [0.05, 0.1) is 17.6 Å². The predicted molar refractivity (Wildman–Crippen MR) is 107 cm³/mol. The molecule has 27 heavy (non-hydrogen) atoms. The molecule has 0 saturated heterocycles. The van der Waals surface area contributed by atoms with E-state index >= 15 is 0 Å². The Balaban J connectivity index is 1.96. The van der Waals surface area contributed by atoms with Crippen LogP contribution in [0.5, 0.6) is 0 Å². The van der Waals surface area contributed by atoms with Gasteiger partial charge in [0.15, 0.2) is 9.84 Å². The molecule has 1 N–H and O–H groups in total. The first-order valence-corrected chi connectivity index (χ1v) is 11.0. The number of urea groups is 1. The van der Waals surface area contributed by atoms with Crippen molar-refractivity contribution >= 4 is 27.5 Å². The van der Waals surface area contributed by atoms with Crippen molar-refractivity contribution in [2.24, 2.45) is 0 Å². The van der Waals surface area contributed by atoms with Crippen LogP contribution in [0.25, 0.3) is 5.69 Å². The third-order valence-electron chi connectivity index (χ3n) is 4.24. The Labute approximate surface area is 165 Å². The van der Waals surface area contributed by atoms with Gasteiger partial charge in [-0.05, 0) is 38.1 Å². The van der Waals surface area contributed by atoms with E-state index in [1.807, 2.05) is 25.3 Å². The molecule has 7 nitrogen and oxygen atoms in total. The van der Waals surface area contributed by atoms with Gasteiger partial charge in [0.1, 0.15) is 0 Å². The zero-order valence-corrected chi connectivity index (χ0v) is 17.3. The third-order valence-corrected chi connectivity index (χ3v) is 6.36. The lowest BCUT2D eigenvalue weighted by Gasteiger charge is -2.27. The van der Waals surface area contributed by atoms with Crippen LogP contribution in [0.15, 0.2) is 36.7 Å². The minimum absolute atomic E-state index is 0.0424. The lowest BCUT2D eigenvalue weighted by Crippen LogP contribution is -2.47. The maximum Gasteiger partial charge on any atom is 0.317 e. The summed E-state index contributed by atoms with van der Waals surface area (Å²) in [5.41, 5.74) is 1.70. The van der Waals surface area contributed by atoms with Crippen LogP contribution in [0.4, 0.5) is 4.79 Å². The van der Waals surface area contributed by atoms with Gasteiger partial charge in [0, 0.05) is 41.7 Å². The van der Waals surface area contributed by atoms with Crippen molar-refractivity contribution in [2.45, 2.75) is 33.4 Å². The molecular weight excluding hydrogens is 388 g/mol. The molecule has 0 saturated carbocycles. The molecule has 0 bridgehead atoms. The summed E-state index contributed by atoms with van der Waals surface area (Å²) < 4.78 is 25.3. The first-order valence-electron chi connectivity index (χ1n) is 8.80. The highest BCUT2D eigenvalue weighted by atomic mass is 35.5. The lowest BCUT2D eigenvalue weighted by molar-refractivity contribution is 0.187. The van der Waals surface area contributed by atoms with Crippen LogP contribution in [0.2, 0.25) is 5.02 Å². The molecule has 2 aromatic rings. The highest BCUT2D eigenvalue weighted by Gasteiger charge is 2.23. The Morgan fingerprint density at radius 1 is 1.30 bits per heavy atom. The van der Waals surface area contributed by atoms with Crippen molar-refractivity contribution in [2.75, 3.05) is 18.1 Å². The first-order chi connectivity index (χ1) is 12.8. The topological polar surface area (TPSA) is 84.3 Å². The summed E-state index contributed by atoms with van der Waals surface area (Å²) >= 11 is 5.89. The molecule has 0 aliphatic heterocycles. The Kier molecular flexibility index (Phi) is 7.26. The fourth-order valence-corrected chi connectivity index (χ4v) is 3.97. The van der Waals surface area contributed by atoms with Gasteiger partial charge in [-0.1, -0.05) is 18.5 Å². The van der Waals surface area contributed by atoms with Crippen LogP contribution in [-0.4, -0.2) is 53.2 Å². The van der Waals surface area contributed by atoms with Gasteiger partial charge in [-0.25, -0.2) is 17.9 Å². The van der Waals surface area contributed by atoms with Crippen molar-refractivity contribution in [3.63, 3.8) is 0 Å². The number of carbonyl (C=O) groups excluding carboxylic acids is 1. The number of sulfone groups is 1. The summed E-state index contributed by atoms with van der Waals surface area (Å²) in [6.45, 7) is 5.91. The maximum absolute atomic E-state index is 12.5. The number of halogens is 1. The molecule has 0 aliphatic carbocycles. The number of hydrogen-bond acceptors (Lipinski definition) is 4. The highest BCUT2D eigenvalue weighted by molar-refractivity contribution is 7.91. The molecular formula is C18H25ClN4O3S. The normalized spacial score (nSPS) is 12.6. The van der Waals surface area contributed by atoms with Crippen LogP contribution >= 0.6 is 11.6 Å². The molecule has 9 heteroatoms. The monoisotopic (exact) mass is 412 g/mol. The molecule has 2 rings (SSSR count). The average Bonchev–Trinajstić information content (AvgIpc) is 3.10. The minimum Gasteiger partial charge on any atom is -0.334 e. The van der Waals surface area contributed by atoms with E-state index < -0.39 is 15.9 Å². The van der Waals surface area contributed by atoms with Crippen molar-refractivity contribution < 1.29 is 13.2 Å². The number of hydrogen-bond donors (Lipinski definition) is 1. The van der Waals surface area contributed by atoms with Crippen molar-refractivity contribution in [1.82, 2.24) is 20.0 Å². The summed E-state index contributed by atoms with van der Waals surface area (Å²) in [5, 5.41) is 7.76. The molecule has 1 heterocycles. The van der Waals surface area contributed by atoms with Crippen LogP contribution in [-0.2, 0) is 16.4 Å². The third kappa shape index (κ3) is 5.97. The number of nitrogens with one attached hydrogen (secondary N) is 1. The number of nitrogens with zero attached hydrogens (tertiary/aromatic N) is 3. The number of carbonyl (C=O) groups is 1. The second-order valence-corrected chi connectivity index (χ2v) is 9.10. The molecule has 1 unspecified atom stereocenters. The van der Waals surface area contributed by atoms with E-state index in [9.17, 15) is 13.2 Å². The zero-order chi connectivity index (χ0) is 20.0. The lowest BCUT2D eigenvalue weighted by atomic mass is 10.3. The minimum atomic E-state index is -3.15. The fraction of sp³-hybridized carbons (Fsp3) is 0.444. The van der Waals surface area contributed by atoms with Gasteiger partial charge in [-0.3, -0.25) is 0 Å². The quantitative estimate of drug-likeness (QED) is 0.722. The second kappa shape index (κ2) is 9.23.